The second-order valence-corrected chi connectivity index (χ2v) is 8.67. The van der Waals surface area contributed by atoms with Gasteiger partial charge in [-0.05, 0) is 45.7 Å². The van der Waals surface area contributed by atoms with Gasteiger partial charge in [-0.1, -0.05) is 39.8 Å². The molecule has 1 aliphatic heterocycles. The maximum absolute atomic E-state index is 12.7. The molecule has 25 heavy (non-hydrogen) atoms. The van der Waals surface area contributed by atoms with Crippen molar-refractivity contribution in [3.8, 4) is 0 Å². The van der Waals surface area contributed by atoms with Crippen LogP contribution in [0.4, 0.5) is 0 Å². The summed E-state index contributed by atoms with van der Waals surface area (Å²) in [5, 5.41) is 0.717. The molecule has 0 aliphatic carbocycles. The van der Waals surface area contributed by atoms with Crippen LogP contribution in [0.2, 0.25) is 0 Å². The average molecular weight is 423 g/mol. The number of hydrogen-bond acceptors (Lipinski definition) is 4. The predicted molar refractivity (Wildman–Crippen MR) is 104 cm³/mol. The molecule has 134 valence electrons. The van der Waals surface area contributed by atoms with E-state index in [0.29, 0.717) is 0 Å². The molecule has 0 amide bonds. The molecular weight excluding hydrogens is 400 g/mol. The van der Waals surface area contributed by atoms with Gasteiger partial charge in [-0.15, -0.1) is 0 Å². The fourth-order valence-corrected chi connectivity index (χ4v) is 4.33. The number of imidazole rings is 1. The Morgan fingerprint density at radius 3 is 2.76 bits per heavy atom. The smallest absolute Gasteiger partial charge is 0.175 e. The molecule has 0 spiro atoms. The number of carbonyl (C=O) groups excluding carboxylic acids is 1. The number of halogens is 1. The van der Waals surface area contributed by atoms with Gasteiger partial charge in [0.15, 0.2) is 10.9 Å². The van der Waals surface area contributed by atoms with Crippen LogP contribution >= 0.6 is 27.7 Å². The van der Waals surface area contributed by atoms with E-state index in [0.717, 1.165) is 52.6 Å². The maximum Gasteiger partial charge on any atom is 0.175 e. The number of ketones is 1. The van der Waals surface area contributed by atoms with Gasteiger partial charge in [0.1, 0.15) is 0 Å². The summed E-state index contributed by atoms with van der Waals surface area (Å²) in [6, 6.07) is 7.52. The normalized spacial score (nSPS) is 18.5. The molecule has 1 saturated heterocycles. The summed E-state index contributed by atoms with van der Waals surface area (Å²) in [7, 11) is 0. The number of thioether (sulfide) groups is 1. The maximum atomic E-state index is 12.7. The number of ether oxygens (including phenoxy) is 1. The van der Waals surface area contributed by atoms with Crippen LogP contribution in [0.1, 0.15) is 41.5 Å². The third kappa shape index (κ3) is 4.36. The van der Waals surface area contributed by atoms with E-state index in [1.165, 1.54) is 11.8 Å². The predicted octanol–water partition coefficient (Wildman–Crippen LogP) is 4.80. The van der Waals surface area contributed by atoms with E-state index in [9.17, 15) is 4.79 Å². The Labute approximate surface area is 161 Å². The van der Waals surface area contributed by atoms with E-state index in [1.54, 1.807) is 0 Å². The Kier molecular flexibility index (Phi) is 6.02. The minimum absolute atomic E-state index is 0.125. The lowest BCUT2D eigenvalue weighted by Gasteiger charge is -2.16. The van der Waals surface area contributed by atoms with Crippen molar-refractivity contribution in [3.63, 3.8) is 0 Å². The highest BCUT2D eigenvalue weighted by molar-refractivity contribution is 9.10. The minimum atomic E-state index is -0.189. The van der Waals surface area contributed by atoms with Gasteiger partial charge in [0.2, 0.25) is 0 Å². The molecule has 1 aromatic heterocycles. The number of rotatable bonds is 6. The number of aromatic nitrogens is 2. The van der Waals surface area contributed by atoms with Crippen molar-refractivity contribution < 1.29 is 9.53 Å². The van der Waals surface area contributed by atoms with Gasteiger partial charge in [-0.3, -0.25) is 4.79 Å². The fraction of sp³-hybridized carbons (Fsp3) is 0.474. The van der Waals surface area contributed by atoms with E-state index in [4.69, 9.17) is 9.72 Å². The average Bonchev–Trinajstić information content (AvgIpc) is 3.19. The Bertz CT molecular complexity index is 752. The molecule has 3 rings (SSSR count). The topological polar surface area (TPSA) is 44.1 Å². The summed E-state index contributed by atoms with van der Waals surface area (Å²) < 4.78 is 8.96. The van der Waals surface area contributed by atoms with E-state index >= 15 is 0 Å². The van der Waals surface area contributed by atoms with E-state index < -0.39 is 0 Å². The van der Waals surface area contributed by atoms with Crippen molar-refractivity contribution in [1.29, 1.82) is 0 Å². The van der Waals surface area contributed by atoms with Crippen LogP contribution in [-0.4, -0.2) is 33.3 Å². The van der Waals surface area contributed by atoms with Gasteiger partial charge < -0.3 is 9.30 Å². The van der Waals surface area contributed by atoms with Crippen molar-refractivity contribution in [2.45, 2.75) is 56.7 Å². The van der Waals surface area contributed by atoms with Crippen molar-refractivity contribution in [3.05, 3.63) is 45.7 Å². The standard InChI is InChI=1S/C19H23BrN2O2S/c1-12-13(2)22(11-17-5-4-10-24-17)19(21-12)25-14(3)18(23)15-6-8-16(20)9-7-15/h6-9,14,17H,4-5,10-11H2,1-3H3/t14-,17-/m1/s1. The first-order valence-electron chi connectivity index (χ1n) is 8.57. The fourth-order valence-electron chi connectivity index (χ4n) is 2.98. The van der Waals surface area contributed by atoms with Gasteiger partial charge >= 0.3 is 0 Å². The van der Waals surface area contributed by atoms with Gasteiger partial charge in [-0.2, -0.15) is 0 Å². The highest BCUT2D eigenvalue weighted by atomic mass is 79.9. The largest absolute Gasteiger partial charge is 0.376 e. The van der Waals surface area contributed by atoms with Gasteiger partial charge in [0.05, 0.1) is 23.6 Å². The van der Waals surface area contributed by atoms with Gasteiger partial charge in [0.25, 0.3) is 0 Å². The minimum Gasteiger partial charge on any atom is -0.376 e. The molecule has 0 N–H and O–H groups in total. The van der Waals surface area contributed by atoms with Crippen LogP contribution in [-0.2, 0) is 11.3 Å². The van der Waals surface area contributed by atoms with E-state index in [-0.39, 0.29) is 17.1 Å². The number of nitrogens with zero attached hydrogens (tertiary/aromatic N) is 2. The molecule has 0 bridgehead atoms. The third-order valence-corrected chi connectivity index (χ3v) is 6.23. The lowest BCUT2D eigenvalue weighted by molar-refractivity contribution is 0.0944. The second kappa shape index (κ2) is 8.06. The Morgan fingerprint density at radius 2 is 2.12 bits per heavy atom. The van der Waals surface area contributed by atoms with Gasteiger partial charge in [-0.25, -0.2) is 4.98 Å². The van der Waals surface area contributed by atoms with Crippen molar-refractivity contribution in [1.82, 2.24) is 9.55 Å². The summed E-state index contributed by atoms with van der Waals surface area (Å²) in [5.74, 6) is 0.125. The molecule has 6 heteroatoms. The van der Waals surface area contributed by atoms with Crippen molar-refractivity contribution >= 4 is 33.5 Å². The van der Waals surface area contributed by atoms with E-state index in [1.807, 2.05) is 38.1 Å². The van der Waals surface area contributed by atoms with Crippen molar-refractivity contribution in [2.24, 2.45) is 0 Å². The summed E-state index contributed by atoms with van der Waals surface area (Å²) in [5.41, 5.74) is 2.90. The molecule has 4 nitrogen and oxygen atoms in total. The van der Waals surface area contributed by atoms with Crippen LogP contribution in [0.15, 0.2) is 33.9 Å². The Balaban J connectivity index is 1.76. The third-order valence-electron chi connectivity index (χ3n) is 4.61. The first-order valence-corrected chi connectivity index (χ1v) is 10.2. The van der Waals surface area contributed by atoms with Gasteiger partial charge in [0, 0.05) is 22.3 Å². The molecule has 1 aromatic carbocycles. The number of carbonyl (C=O) groups is 1. The number of hydrogen-bond donors (Lipinski definition) is 0. The zero-order chi connectivity index (χ0) is 18.0. The second-order valence-electron chi connectivity index (χ2n) is 6.44. The molecule has 2 heterocycles. The highest BCUT2D eigenvalue weighted by Gasteiger charge is 2.23. The lowest BCUT2D eigenvalue weighted by atomic mass is 10.1. The Morgan fingerprint density at radius 1 is 1.40 bits per heavy atom. The summed E-state index contributed by atoms with van der Waals surface area (Å²) in [6.07, 6.45) is 2.47. The quantitative estimate of drug-likeness (QED) is 0.494. The summed E-state index contributed by atoms with van der Waals surface area (Å²) in [6.45, 7) is 7.71. The van der Waals surface area contributed by atoms with Crippen LogP contribution in [0.3, 0.4) is 0 Å². The molecule has 0 radical (unpaired) electrons. The SMILES string of the molecule is Cc1nc(S[C@H](C)C(=O)c2ccc(Br)cc2)n(C[C@H]2CCCO2)c1C. The highest BCUT2D eigenvalue weighted by Crippen LogP contribution is 2.29. The van der Waals surface area contributed by atoms with Crippen LogP contribution < -0.4 is 0 Å². The molecule has 2 atom stereocenters. The molecule has 0 unspecified atom stereocenters. The number of benzene rings is 1. The first-order chi connectivity index (χ1) is 12.0. The lowest BCUT2D eigenvalue weighted by Crippen LogP contribution is -2.19. The zero-order valence-electron chi connectivity index (χ0n) is 14.8. The summed E-state index contributed by atoms with van der Waals surface area (Å²) >= 11 is 4.94. The molecule has 1 fully saturated rings. The van der Waals surface area contributed by atoms with Crippen molar-refractivity contribution in [2.75, 3.05) is 6.61 Å². The molecule has 1 aliphatic rings. The zero-order valence-corrected chi connectivity index (χ0v) is 17.2. The van der Waals surface area contributed by atoms with Crippen LogP contribution in [0.5, 0.6) is 0 Å². The van der Waals surface area contributed by atoms with Crippen LogP contribution in [0.25, 0.3) is 0 Å². The molecular formula is C19H23BrN2O2S. The first kappa shape index (κ1) is 18.7. The molecule has 2 aromatic rings. The number of Topliss-reactive ketones (excluding diaryl/α,β-unsaturated/α-hetero) is 1. The van der Waals surface area contributed by atoms with Crippen LogP contribution in [0, 0.1) is 13.8 Å². The number of aryl methyl sites for hydroxylation is 1. The van der Waals surface area contributed by atoms with E-state index in [2.05, 4.69) is 27.4 Å². The summed E-state index contributed by atoms with van der Waals surface area (Å²) in [4.78, 5) is 17.4. The molecule has 0 saturated carbocycles. The Hall–Kier alpha value is -1.11. The monoisotopic (exact) mass is 422 g/mol.